The normalized spacial score (nSPS) is 61.8. The fourth-order valence-corrected chi connectivity index (χ4v) is 9.64. The van der Waals surface area contributed by atoms with Crippen molar-refractivity contribution in [3.63, 3.8) is 0 Å². The Balaban J connectivity index is 1.66. The molecular formula is C22H33NO5. The molecule has 11 atom stereocenters. The Kier molecular flexibility index (Phi) is 3.44. The van der Waals surface area contributed by atoms with Crippen LogP contribution in [0.3, 0.4) is 0 Å². The lowest BCUT2D eigenvalue weighted by Crippen LogP contribution is -2.76. The van der Waals surface area contributed by atoms with Crippen LogP contribution in [0.1, 0.15) is 46.0 Å². The minimum absolute atomic E-state index is 0.0123. The van der Waals surface area contributed by atoms with Gasteiger partial charge < -0.3 is 19.7 Å². The molecule has 7 aliphatic rings. The molecule has 156 valence electrons. The first-order valence-electron chi connectivity index (χ1n) is 11.2. The number of aliphatic hydroxyl groups excluding tert-OH is 1. The van der Waals surface area contributed by atoms with Crippen molar-refractivity contribution < 1.29 is 24.5 Å². The number of carbonyl (C=O) groups excluding carboxylic acids is 1. The first kappa shape index (κ1) is 18.1. The summed E-state index contributed by atoms with van der Waals surface area (Å²) in [4.78, 5) is 15.6. The van der Waals surface area contributed by atoms with Crippen molar-refractivity contribution in [2.45, 2.75) is 75.9 Å². The zero-order valence-corrected chi connectivity index (χ0v) is 17.1. The molecule has 0 radical (unpaired) electrons. The van der Waals surface area contributed by atoms with Gasteiger partial charge in [0.1, 0.15) is 6.10 Å². The van der Waals surface area contributed by atoms with E-state index in [0.29, 0.717) is 12.8 Å². The highest BCUT2D eigenvalue weighted by atomic mass is 16.5. The van der Waals surface area contributed by atoms with Crippen molar-refractivity contribution in [3.05, 3.63) is 0 Å². The molecule has 3 aliphatic heterocycles. The number of methoxy groups -OCH3 is 1. The van der Waals surface area contributed by atoms with E-state index in [1.165, 1.54) is 0 Å². The lowest BCUT2D eigenvalue weighted by molar-refractivity contribution is -0.269. The molecular weight excluding hydrogens is 358 g/mol. The van der Waals surface area contributed by atoms with E-state index in [4.69, 9.17) is 9.47 Å². The minimum Gasteiger partial charge on any atom is -0.462 e. The molecule has 2 N–H and O–H groups in total. The van der Waals surface area contributed by atoms with Gasteiger partial charge in [0.25, 0.3) is 0 Å². The first-order valence-corrected chi connectivity index (χ1v) is 11.2. The van der Waals surface area contributed by atoms with E-state index in [1.54, 1.807) is 7.11 Å². The average molecular weight is 392 g/mol. The zero-order valence-electron chi connectivity index (χ0n) is 17.1. The van der Waals surface area contributed by atoms with Crippen LogP contribution in [0, 0.1) is 34.5 Å². The van der Waals surface area contributed by atoms with E-state index < -0.39 is 17.6 Å². The number of rotatable bonds is 2. The van der Waals surface area contributed by atoms with E-state index in [-0.39, 0.29) is 52.8 Å². The largest absolute Gasteiger partial charge is 0.462 e. The number of ether oxygens (including phenoxy) is 2. The van der Waals surface area contributed by atoms with E-state index >= 15 is 0 Å². The fourth-order valence-electron chi connectivity index (χ4n) is 9.64. The maximum absolute atomic E-state index is 13.1. The van der Waals surface area contributed by atoms with Crippen molar-refractivity contribution in [2.24, 2.45) is 34.5 Å². The van der Waals surface area contributed by atoms with Crippen LogP contribution in [0.2, 0.25) is 0 Å². The van der Waals surface area contributed by atoms with Gasteiger partial charge in [0, 0.05) is 36.9 Å². The monoisotopic (exact) mass is 391 g/mol. The number of piperidine rings is 1. The highest BCUT2D eigenvalue weighted by molar-refractivity contribution is 5.77. The van der Waals surface area contributed by atoms with Crippen LogP contribution in [-0.2, 0) is 14.3 Å². The molecule has 4 aliphatic carbocycles. The standard InChI is InChI=1S/C22H33NO5/c1-4-23-10-20(2)7-6-13(27-3)22-12-9-11-5-8-21(26,14(12)19(25)28-11)15(18(22)23)16(24)17(20)22/h11-18,24,26H,4-10H2,1-3H3/t11-,12?,13?,14?,15-,16?,17?,18-,20-,21+,22-/m0/s1. The van der Waals surface area contributed by atoms with Crippen LogP contribution in [0.15, 0.2) is 0 Å². The van der Waals surface area contributed by atoms with Crippen LogP contribution in [0.25, 0.3) is 0 Å². The van der Waals surface area contributed by atoms with Crippen LogP contribution < -0.4 is 0 Å². The Bertz CT molecular complexity index is 730. The molecule has 3 saturated heterocycles. The number of hydrogen-bond donors (Lipinski definition) is 2. The molecule has 0 amide bonds. The second-order valence-corrected chi connectivity index (χ2v) is 10.8. The van der Waals surface area contributed by atoms with Gasteiger partial charge in [-0.3, -0.25) is 9.69 Å². The fraction of sp³-hybridized carbons (Fsp3) is 0.955. The summed E-state index contributed by atoms with van der Waals surface area (Å²) in [5, 5.41) is 23.9. The van der Waals surface area contributed by atoms with Gasteiger partial charge in [-0.1, -0.05) is 13.8 Å². The summed E-state index contributed by atoms with van der Waals surface area (Å²) in [6, 6.07) is 0.0757. The Morgan fingerprint density at radius 3 is 2.82 bits per heavy atom. The van der Waals surface area contributed by atoms with E-state index in [0.717, 1.165) is 32.4 Å². The number of esters is 1. The maximum atomic E-state index is 13.1. The lowest BCUT2D eigenvalue weighted by atomic mass is 9.42. The van der Waals surface area contributed by atoms with Gasteiger partial charge in [-0.2, -0.15) is 0 Å². The van der Waals surface area contributed by atoms with E-state index in [2.05, 4.69) is 18.7 Å². The zero-order chi connectivity index (χ0) is 19.6. The molecule has 9 bridgehead atoms. The quantitative estimate of drug-likeness (QED) is 0.689. The molecule has 6 nitrogen and oxygen atoms in total. The van der Waals surface area contributed by atoms with Gasteiger partial charge in [-0.15, -0.1) is 0 Å². The molecule has 1 spiro atoms. The van der Waals surface area contributed by atoms with E-state index in [9.17, 15) is 15.0 Å². The smallest absolute Gasteiger partial charge is 0.312 e. The average Bonchev–Trinajstić information content (AvgIpc) is 2.73. The van der Waals surface area contributed by atoms with Gasteiger partial charge in [0.2, 0.25) is 0 Å². The predicted octanol–water partition coefficient (Wildman–Crippen LogP) is 1.19. The van der Waals surface area contributed by atoms with Gasteiger partial charge in [-0.25, -0.2) is 0 Å². The Labute approximate surface area is 166 Å². The number of nitrogens with zero attached hydrogens (tertiary/aromatic N) is 1. The van der Waals surface area contributed by atoms with Gasteiger partial charge >= 0.3 is 5.97 Å². The number of likely N-dealkylation sites (tertiary alicyclic amines) is 1. The van der Waals surface area contributed by atoms with Crippen LogP contribution in [-0.4, -0.2) is 71.2 Å². The van der Waals surface area contributed by atoms with E-state index in [1.807, 2.05) is 0 Å². The predicted molar refractivity (Wildman–Crippen MR) is 100 cm³/mol. The highest BCUT2D eigenvalue weighted by Gasteiger charge is 2.84. The molecule has 6 heteroatoms. The molecule has 28 heavy (non-hydrogen) atoms. The maximum Gasteiger partial charge on any atom is 0.312 e. The third kappa shape index (κ3) is 1.68. The molecule has 0 aromatic carbocycles. The third-order valence-corrected chi connectivity index (χ3v) is 10.1. The van der Waals surface area contributed by atoms with Gasteiger partial charge in [-0.05, 0) is 50.0 Å². The number of aliphatic hydroxyl groups is 2. The van der Waals surface area contributed by atoms with Crippen molar-refractivity contribution in [1.82, 2.24) is 4.90 Å². The van der Waals surface area contributed by atoms with Crippen LogP contribution >= 0.6 is 0 Å². The molecule has 4 saturated carbocycles. The van der Waals surface area contributed by atoms with Crippen molar-refractivity contribution in [1.29, 1.82) is 0 Å². The molecule has 3 heterocycles. The van der Waals surface area contributed by atoms with Crippen molar-refractivity contribution in [2.75, 3.05) is 20.2 Å². The SMILES string of the molecule is CCN1C[C@]2(C)CCC(OC)[C@@]34C5C[C@@H]6CC[C@@](O)(C5C(=O)O6)[C@@H](C(O)C23)[C@H]14. The molecule has 5 unspecified atom stereocenters. The summed E-state index contributed by atoms with van der Waals surface area (Å²) >= 11 is 0. The minimum atomic E-state index is -1.17. The number of hydrogen-bond acceptors (Lipinski definition) is 6. The second-order valence-electron chi connectivity index (χ2n) is 10.8. The van der Waals surface area contributed by atoms with Gasteiger partial charge in [0.15, 0.2) is 0 Å². The van der Waals surface area contributed by atoms with Gasteiger partial charge in [0.05, 0.1) is 23.7 Å². The Morgan fingerprint density at radius 2 is 2.11 bits per heavy atom. The first-order chi connectivity index (χ1) is 13.3. The topological polar surface area (TPSA) is 79.2 Å². The second kappa shape index (κ2) is 5.32. The summed E-state index contributed by atoms with van der Waals surface area (Å²) in [6.07, 6.45) is 3.38. The molecule has 0 aromatic rings. The molecule has 0 aromatic heterocycles. The third-order valence-electron chi connectivity index (χ3n) is 10.1. The summed E-state index contributed by atoms with van der Waals surface area (Å²) in [5.74, 6) is -0.969. The summed E-state index contributed by atoms with van der Waals surface area (Å²) < 4.78 is 11.9. The van der Waals surface area contributed by atoms with Crippen molar-refractivity contribution >= 4 is 5.97 Å². The molecule has 7 fully saturated rings. The number of fused-ring (bicyclic) bond motifs is 2. The number of carbonyl (C=O) groups is 1. The Hall–Kier alpha value is -0.690. The van der Waals surface area contributed by atoms with Crippen LogP contribution in [0.4, 0.5) is 0 Å². The molecule has 7 rings (SSSR count). The summed E-state index contributed by atoms with van der Waals surface area (Å²) in [7, 11) is 1.79. The highest BCUT2D eigenvalue weighted by Crippen LogP contribution is 2.77. The summed E-state index contributed by atoms with van der Waals surface area (Å²) in [6.45, 7) is 6.38. The van der Waals surface area contributed by atoms with Crippen molar-refractivity contribution in [3.8, 4) is 0 Å². The van der Waals surface area contributed by atoms with Crippen LogP contribution in [0.5, 0.6) is 0 Å². The summed E-state index contributed by atoms with van der Waals surface area (Å²) in [5.41, 5.74) is -1.46. The lowest BCUT2D eigenvalue weighted by Gasteiger charge is -2.69. The Morgan fingerprint density at radius 1 is 1.32 bits per heavy atom.